The summed E-state index contributed by atoms with van der Waals surface area (Å²) in [5.41, 5.74) is 0.108. The number of piperazine rings is 1. The van der Waals surface area contributed by atoms with Crippen molar-refractivity contribution >= 4 is 27.3 Å². The van der Waals surface area contributed by atoms with Crippen molar-refractivity contribution in [1.82, 2.24) is 9.21 Å². The van der Waals surface area contributed by atoms with Crippen LogP contribution in [0, 0.1) is 6.92 Å². The summed E-state index contributed by atoms with van der Waals surface area (Å²) in [6.45, 7) is 4.43. The highest BCUT2D eigenvalue weighted by Crippen LogP contribution is 2.31. The number of aryl methyl sites for hydroxylation is 2. The lowest BCUT2D eigenvalue weighted by Crippen LogP contribution is -2.50. The molecule has 0 radical (unpaired) electrons. The van der Waals surface area contributed by atoms with E-state index in [1.165, 1.54) is 11.3 Å². The van der Waals surface area contributed by atoms with Crippen molar-refractivity contribution < 1.29 is 26.4 Å². The predicted octanol–water partition coefficient (Wildman–Crippen LogP) is 3.78. The fourth-order valence-electron chi connectivity index (χ4n) is 3.25. The normalized spacial score (nSPS) is 16.2. The smallest absolute Gasteiger partial charge is 0.335 e. The van der Waals surface area contributed by atoms with Gasteiger partial charge in [-0.3, -0.25) is 4.79 Å². The summed E-state index contributed by atoms with van der Waals surface area (Å²) in [4.78, 5) is 15.6. The lowest BCUT2D eigenvalue weighted by Gasteiger charge is -2.33. The van der Waals surface area contributed by atoms with Crippen LogP contribution in [0.1, 0.15) is 32.6 Å². The molecule has 0 spiro atoms. The molecule has 158 valence electrons. The minimum atomic E-state index is -4.62. The van der Waals surface area contributed by atoms with Crippen molar-refractivity contribution in [1.29, 1.82) is 0 Å². The molecule has 1 fully saturated rings. The Morgan fingerprint density at radius 1 is 1.14 bits per heavy atom. The van der Waals surface area contributed by atoms with E-state index in [2.05, 4.69) is 0 Å². The molecule has 0 atom stereocenters. The largest absolute Gasteiger partial charge is 0.416 e. The second-order valence-corrected chi connectivity index (χ2v) is 9.96. The topological polar surface area (TPSA) is 57.7 Å². The van der Waals surface area contributed by atoms with Crippen molar-refractivity contribution in [3.63, 3.8) is 0 Å². The first-order valence-electron chi connectivity index (χ1n) is 9.10. The zero-order chi connectivity index (χ0) is 21.4. The lowest BCUT2D eigenvalue weighted by atomic mass is 10.2. The molecule has 3 rings (SSSR count). The van der Waals surface area contributed by atoms with Crippen LogP contribution in [0.15, 0.2) is 35.2 Å². The Balaban J connectivity index is 1.72. The van der Waals surface area contributed by atoms with E-state index in [1.54, 1.807) is 4.90 Å². The first-order valence-corrected chi connectivity index (χ1v) is 11.4. The van der Waals surface area contributed by atoms with E-state index >= 15 is 0 Å². The summed E-state index contributed by atoms with van der Waals surface area (Å²) in [6, 6.07) is 5.59. The zero-order valence-corrected chi connectivity index (χ0v) is 17.6. The maximum atomic E-state index is 12.9. The number of carbonyl (C=O) groups excluding carboxylic acids is 1. The summed E-state index contributed by atoms with van der Waals surface area (Å²) in [7, 11) is -4.07. The SMILES string of the molecule is CCc1cc(C(=O)N2CCN(S(=O)(=O)c3cccc(C(F)(F)F)c3)CC2)sc1C. The Morgan fingerprint density at radius 3 is 2.34 bits per heavy atom. The fraction of sp³-hybridized carbons (Fsp3) is 0.421. The number of carbonyl (C=O) groups is 1. The zero-order valence-electron chi connectivity index (χ0n) is 16.0. The number of thiophene rings is 1. The van der Waals surface area contributed by atoms with Crippen molar-refractivity contribution in [2.75, 3.05) is 26.2 Å². The quantitative estimate of drug-likeness (QED) is 0.718. The molecule has 0 aliphatic carbocycles. The van der Waals surface area contributed by atoms with Gasteiger partial charge in [0, 0.05) is 31.1 Å². The van der Waals surface area contributed by atoms with Gasteiger partial charge in [0.15, 0.2) is 0 Å². The van der Waals surface area contributed by atoms with E-state index in [0.717, 1.165) is 39.4 Å². The molecule has 1 aromatic carbocycles. The number of halogens is 3. The molecule has 0 saturated carbocycles. The molecular formula is C19H21F3N2O3S2. The Morgan fingerprint density at radius 2 is 1.79 bits per heavy atom. The number of nitrogens with zero attached hydrogens (tertiary/aromatic N) is 2. The highest BCUT2D eigenvalue weighted by molar-refractivity contribution is 7.89. The molecule has 1 aliphatic heterocycles. The molecular weight excluding hydrogens is 425 g/mol. The molecule has 1 aliphatic rings. The van der Waals surface area contributed by atoms with Gasteiger partial charge in [0.25, 0.3) is 5.91 Å². The number of sulfonamides is 1. The van der Waals surface area contributed by atoms with Gasteiger partial charge in [-0.15, -0.1) is 11.3 Å². The van der Waals surface area contributed by atoms with Gasteiger partial charge in [-0.2, -0.15) is 17.5 Å². The van der Waals surface area contributed by atoms with Crippen molar-refractivity contribution in [2.24, 2.45) is 0 Å². The second kappa shape index (κ2) is 8.08. The Bertz CT molecular complexity index is 1010. The van der Waals surface area contributed by atoms with Gasteiger partial charge in [-0.1, -0.05) is 13.0 Å². The van der Waals surface area contributed by atoms with Gasteiger partial charge in [-0.25, -0.2) is 8.42 Å². The van der Waals surface area contributed by atoms with Crippen LogP contribution in [0.3, 0.4) is 0 Å². The molecule has 10 heteroatoms. The van der Waals surface area contributed by atoms with Gasteiger partial charge in [0.1, 0.15) is 0 Å². The van der Waals surface area contributed by atoms with Gasteiger partial charge in [0.2, 0.25) is 10.0 Å². The minimum Gasteiger partial charge on any atom is -0.335 e. The lowest BCUT2D eigenvalue weighted by molar-refractivity contribution is -0.137. The van der Waals surface area contributed by atoms with Gasteiger partial charge < -0.3 is 4.90 Å². The van der Waals surface area contributed by atoms with E-state index in [1.807, 2.05) is 19.9 Å². The van der Waals surface area contributed by atoms with Crippen LogP contribution in [0.25, 0.3) is 0 Å². The third kappa shape index (κ3) is 4.49. The van der Waals surface area contributed by atoms with Gasteiger partial charge in [-0.05, 0) is 43.2 Å². The number of benzene rings is 1. The second-order valence-electron chi connectivity index (χ2n) is 6.77. The third-order valence-electron chi connectivity index (χ3n) is 4.94. The highest BCUT2D eigenvalue weighted by Gasteiger charge is 2.34. The number of alkyl halides is 3. The number of hydrogen-bond acceptors (Lipinski definition) is 4. The molecule has 1 saturated heterocycles. The molecule has 2 heterocycles. The van der Waals surface area contributed by atoms with E-state index in [0.29, 0.717) is 10.9 Å². The molecule has 5 nitrogen and oxygen atoms in total. The molecule has 2 aromatic rings. The number of amides is 1. The summed E-state index contributed by atoms with van der Waals surface area (Å²) < 4.78 is 65.4. The third-order valence-corrected chi connectivity index (χ3v) is 7.91. The van der Waals surface area contributed by atoms with Crippen LogP contribution in [0.4, 0.5) is 13.2 Å². The Hall–Kier alpha value is -1.91. The Kier molecular flexibility index (Phi) is 6.07. The molecule has 1 amide bonds. The maximum absolute atomic E-state index is 12.9. The van der Waals surface area contributed by atoms with Gasteiger partial charge in [0.05, 0.1) is 15.3 Å². The van der Waals surface area contributed by atoms with E-state index in [-0.39, 0.29) is 32.1 Å². The average Bonchev–Trinajstić information content (AvgIpc) is 3.07. The molecule has 29 heavy (non-hydrogen) atoms. The molecule has 1 aromatic heterocycles. The highest BCUT2D eigenvalue weighted by atomic mass is 32.2. The summed E-state index contributed by atoms with van der Waals surface area (Å²) in [5.74, 6) is -0.145. The fourth-order valence-corrected chi connectivity index (χ4v) is 5.80. The van der Waals surface area contributed by atoms with Crippen LogP contribution < -0.4 is 0 Å². The maximum Gasteiger partial charge on any atom is 0.416 e. The van der Waals surface area contributed by atoms with Crippen LogP contribution >= 0.6 is 11.3 Å². The monoisotopic (exact) mass is 446 g/mol. The van der Waals surface area contributed by atoms with Crippen molar-refractivity contribution in [3.8, 4) is 0 Å². The van der Waals surface area contributed by atoms with E-state index in [4.69, 9.17) is 0 Å². The number of rotatable bonds is 4. The first-order chi connectivity index (χ1) is 13.5. The molecule has 0 N–H and O–H groups in total. The Labute approximate surface area is 171 Å². The standard InChI is InChI=1S/C19H21F3N2O3S2/c1-3-14-11-17(28-13(14)2)18(25)23-7-9-24(10-8-23)29(26,27)16-6-4-5-15(12-16)19(20,21)22/h4-6,11-12H,3,7-10H2,1-2H3. The van der Waals surface area contributed by atoms with Crippen molar-refractivity contribution in [2.45, 2.75) is 31.3 Å². The van der Waals surface area contributed by atoms with Crippen LogP contribution in [0.5, 0.6) is 0 Å². The summed E-state index contributed by atoms with van der Waals surface area (Å²) in [5, 5.41) is 0. The minimum absolute atomic E-state index is 0.0370. The molecule has 0 unspecified atom stereocenters. The summed E-state index contributed by atoms with van der Waals surface area (Å²) >= 11 is 1.42. The first kappa shape index (κ1) is 21.8. The average molecular weight is 447 g/mol. The van der Waals surface area contributed by atoms with Crippen LogP contribution in [-0.2, 0) is 22.6 Å². The van der Waals surface area contributed by atoms with Crippen LogP contribution in [0.2, 0.25) is 0 Å². The molecule has 0 bridgehead atoms. The number of hydrogen-bond donors (Lipinski definition) is 0. The summed E-state index contributed by atoms with van der Waals surface area (Å²) in [6.07, 6.45) is -3.79. The van der Waals surface area contributed by atoms with Gasteiger partial charge >= 0.3 is 6.18 Å². The predicted molar refractivity (Wildman–Crippen MR) is 105 cm³/mol. The van der Waals surface area contributed by atoms with E-state index < -0.39 is 26.7 Å². The van der Waals surface area contributed by atoms with E-state index in [9.17, 15) is 26.4 Å². The van der Waals surface area contributed by atoms with Crippen LogP contribution in [-0.4, -0.2) is 49.7 Å². The van der Waals surface area contributed by atoms with Crippen molar-refractivity contribution in [3.05, 3.63) is 51.2 Å².